The number of nitrogens with one attached hydrogen (secondary N) is 1. The lowest BCUT2D eigenvalue weighted by Gasteiger charge is -2.42. The number of aliphatic hydroxyl groups excluding tert-OH is 3. The number of benzene rings is 1. The maximum atomic E-state index is 12.2. The zero-order valence-corrected chi connectivity index (χ0v) is 15.6. The third kappa shape index (κ3) is 5.61. The molecule has 1 heterocycles. The highest BCUT2D eigenvalue weighted by Crippen LogP contribution is 2.26. The van der Waals surface area contributed by atoms with Crippen molar-refractivity contribution in [2.45, 2.75) is 63.3 Å². The summed E-state index contributed by atoms with van der Waals surface area (Å²) in [5.41, 5.74) is -0.124. The molecule has 1 aromatic rings. The van der Waals surface area contributed by atoms with E-state index < -0.39 is 42.2 Å². The van der Waals surface area contributed by atoms with E-state index in [9.17, 15) is 30.2 Å². The molecule has 10 heteroatoms. The number of amides is 1. The zero-order chi connectivity index (χ0) is 20.7. The van der Waals surface area contributed by atoms with Gasteiger partial charge in [0.1, 0.15) is 30.1 Å². The molecule has 0 unspecified atom stereocenters. The number of hydrogen-bond donors (Lipinski definition) is 4. The summed E-state index contributed by atoms with van der Waals surface area (Å²) in [5, 5.41) is 43.2. The van der Waals surface area contributed by atoms with Gasteiger partial charge in [-0.2, -0.15) is 0 Å². The summed E-state index contributed by atoms with van der Waals surface area (Å²) in [6, 6.07) is 4.11. The number of unbranched alkanes of at least 4 members (excludes halogenated alkanes) is 2. The van der Waals surface area contributed by atoms with Crippen LogP contribution in [-0.4, -0.2) is 63.4 Å². The minimum atomic E-state index is -1.43. The molecule has 0 aromatic heterocycles. The molecule has 1 aliphatic rings. The van der Waals surface area contributed by atoms with Gasteiger partial charge in [0.25, 0.3) is 5.69 Å². The van der Waals surface area contributed by atoms with E-state index in [0.717, 1.165) is 12.8 Å². The van der Waals surface area contributed by atoms with E-state index in [4.69, 9.17) is 9.47 Å². The number of hydrogen-bond acceptors (Lipinski definition) is 8. The Kier molecular flexibility index (Phi) is 8.12. The molecule has 1 aromatic carbocycles. The van der Waals surface area contributed by atoms with Crippen LogP contribution in [0.15, 0.2) is 24.3 Å². The average Bonchev–Trinajstić information content (AvgIpc) is 2.68. The third-order valence-electron chi connectivity index (χ3n) is 4.52. The fraction of sp³-hybridized carbons (Fsp3) is 0.611. The second-order valence-corrected chi connectivity index (χ2v) is 6.63. The molecule has 0 radical (unpaired) electrons. The van der Waals surface area contributed by atoms with Gasteiger partial charge < -0.3 is 30.1 Å². The van der Waals surface area contributed by atoms with Crippen molar-refractivity contribution >= 4 is 11.6 Å². The summed E-state index contributed by atoms with van der Waals surface area (Å²) in [7, 11) is 0. The topological polar surface area (TPSA) is 151 Å². The van der Waals surface area contributed by atoms with Gasteiger partial charge in [-0.3, -0.25) is 14.9 Å². The highest BCUT2D eigenvalue weighted by atomic mass is 16.7. The van der Waals surface area contributed by atoms with Gasteiger partial charge in [-0.25, -0.2) is 0 Å². The Hall–Kier alpha value is -2.27. The van der Waals surface area contributed by atoms with Crippen LogP contribution in [0.2, 0.25) is 0 Å². The molecule has 28 heavy (non-hydrogen) atoms. The lowest BCUT2D eigenvalue weighted by atomic mass is 9.96. The molecule has 0 bridgehead atoms. The molecular formula is C18H26N2O8. The first-order valence-corrected chi connectivity index (χ1v) is 9.20. The van der Waals surface area contributed by atoms with Crippen LogP contribution in [-0.2, 0) is 9.53 Å². The molecule has 1 aliphatic heterocycles. The lowest BCUT2D eigenvalue weighted by molar-refractivity contribution is -0.384. The Morgan fingerprint density at radius 3 is 2.50 bits per heavy atom. The van der Waals surface area contributed by atoms with Crippen LogP contribution < -0.4 is 10.1 Å². The predicted octanol–water partition coefficient (Wildman–Crippen LogP) is 0.478. The number of ether oxygens (including phenoxy) is 2. The minimum absolute atomic E-state index is 0.124. The lowest BCUT2D eigenvalue weighted by Crippen LogP contribution is -2.65. The third-order valence-corrected chi connectivity index (χ3v) is 4.52. The van der Waals surface area contributed by atoms with Crippen molar-refractivity contribution in [2.24, 2.45) is 0 Å². The van der Waals surface area contributed by atoms with Crippen LogP contribution in [0.3, 0.4) is 0 Å². The fourth-order valence-corrected chi connectivity index (χ4v) is 2.91. The number of carbonyl (C=O) groups excluding carboxylic acids is 1. The van der Waals surface area contributed by atoms with Gasteiger partial charge in [0, 0.05) is 18.6 Å². The minimum Gasteiger partial charge on any atom is -0.463 e. The maximum Gasteiger partial charge on any atom is 0.269 e. The molecule has 1 amide bonds. The van der Waals surface area contributed by atoms with Crippen molar-refractivity contribution in [3.8, 4) is 5.75 Å². The number of nitrogens with zero attached hydrogens (tertiary/aromatic N) is 1. The summed E-state index contributed by atoms with van der Waals surface area (Å²) in [5.74, 6) is -0.117. The van der Waals surface area contributed by atoms with Crippen molar-refractivity contribution in [2.75, 3.05) is 6.61 Å². The van der Waals surface area contributed by atoms with E-state index in [2.05, 4.69) is 5.32 Å². The molecule has 4 N–H and O–H groups in total. The van der Waals surface area contributed by atoms with Crippen LogP contribution in [0, 0.1) is 10.1 Å². The van der Waals surface area contributed by atoms with Gasteiger partial charge in [-0.15, -0.1) is 0 Å². The van der Waals surface area contributed by atoms with E-state index >= 15 is 0 Å². The van der Waals surface area contributed by atoms with Crippen molar-refractivity contribution < 1.29 is 34.5 Å². The SMILES string of the molecule is CCCCCC(=O)N[C@H]1[C@@H](Oc2ccc([N+](=O)[O-])cc2)O[C@@H](CO)[C@@H](O)[C@@H]1O. The Morgan fingerprint density at radius 2 is 1.93 bits per heavy atom. The Bertz CT molecular complexity index is 653. The molecule has 0 aliphatic carbocycles. The van der Waals surface area contributed by atoms with Gasteiger partial charge in [-0.1, -0.05) is 19.8 Å². The Balaban J connectivity index is 2.12. The van der Waals surface area contributed by atoms with Gasteiger partial charge in [-0.05, 0) is 18.6 Å². The largest absolute Gasteiger partial charge is 0.463 e. The van der Waals surface area contributed by atoms with Crippen molar-refractivity contribution in [3.05, 3.63) is 34.4 Å². The van der Waals surface area contributed by atoms with Gasteiger partial charge in [0.15, 0.2) is 0 Å². The van der Waals surface area contributed by atoms with Crippen molar-refractivity contribution in [1.82, 2.24) is 5.32 Å². The average molecular weight is 398 g/mol. The summed E-state index contributed by atoms with van der Waals surface area (Å²) in [6.07, 6.45) is -2.38. The van der Waals surface area contributed by atoms with E-state index in [1.165, 1.54) is 24.3 Å². The van der Waals surface area contributed by atoms with Crippen LogP contribution in [0.5, 0.6) is 5.75 Å². The van der Waals surface area contributed by atoms with Crippen molar-refractivity contribution in [1.29, 1.82) is 0 Å². The molecule has 1 fully saturated rings. The quantitative estimate of drug-likeness (QED) is 0.266. The van der Waals surface area contributed by atoms with Gasteiger partial charge in [0.05, 0.1) is 11.5 Å². The molecule has 0 spiro atoms. The molecule has 2 rings (SSSR count). The van der Waals surface area contributed by atoms with Crippen LogP contribution >= 0.6 is 0 Å². The first-order valence-electron chi connectivity index (χ1n) is 9.20. The highest BCUT2D eigenvalue weighted by Gasteiger charge is 2.46. The van der Waals surface area contributed by atoms with E-state index in [-0.39, 0.29) is 23.8 Å². The second kappa shape index (κ2) is 10.3. The number of carbonyl (C=O) groups is 1. The number of rotatable bonds is 9. The van der Waals surface area contributed by atoms with Gasteiger partial charge >= 0.3 is 0 Å². The van der Waals surface area contributed by atoms with Crippen molar-refractivity contribution in [3.63, 3.8) is 0 Å². The molecule has 5 atom stereocenters. The first-order chi connectivity index (χ1) is 13.4. The summed E-state index contributed by atoms with van der Waals surface area (Å²) in [4.78, 5) is 22.4. The Morgan fingerprint density at radius 1 is 1.25 bits per heavy atom. The summed E-state index contributed by atoms with van der Waals surface area (Å²) >= 11 is 0. The number of non-ortho nitro benzene ring substituents is 1. The first kappa shape index (κ1) is 22.0. The summed E-state index contributed by atoms with van der Waals surface area (Å²) < 4.78 is 11.1. The number of nitro groups is 1. The molecule has 156 valence electrons. The standard InChI is InChI=1S/C18H26N2O8/c1-2-3-4-5-14(22)19-15-17(24)16(23)13(10-21)28-18(15)27-12-8-6-11(7-9-12)20(25)26/h6-9,13,15-18,21,23-24H,2-5,10H2,1H3,(H,19,22)/t13-,15+,16+,17+,18-/m0/s1. The van der Waals surface area contributed by atoms with Crippen LogP contribution in [0.1, 0.15) is 32.6 Å². The van der Waals surface area contributed by atoms with E-state index in [1.807, 2.05) is 6.92 Å². The molecular weight excluding hydrogens is 372 g/mol. The smallest absolute Gasteiger partial charge is 0.269 e. The van der Waals surface area contributed by atoms with E-state index in [0.29, 0.717) is 6.42 Å². The summed E-state index contributed by atoms with van der Waals surface area (Å²) in [6.45, 7) is 1.45. The monoisotopic (exact) mass is 398 g/mol. The molecule has 0 saturated carbocycles. The molecule has 1 saturated heterocycles. The zero-order valence-electron chi connectivity index (χ0n) is 15.6. The predicted molar refractivity (Wildman–Crippen MR) is 97.6 cm³/mol. The maximum absolute atomic E-state index is 12.2. The van der Waals surface area contributed by atoms with Crippen LogP contribution in [0.25, 0.3) is 0 Å². The normalized spacial score (nSPS) is 27.2. The highest BCUT2D eigenvalue weighted by molar-refractivity contribution is 5.76. The van der Waals surface area contributed by atoms with E-state index in [1.54, 1.807) is 0 Å². The Labute approximate surface area is 162 Å². The van der Waals surface area contributed by atoms with Crippen LogP contribution in [0.4, 0.5) is 5.69 Å². The fourth-order valence-electron chi connectivity index (χ4n) is 2.91. The second-order valence-electron chi connectivity index (χ2n) is 6.63. The van der Waals surface area contributed by atoms with Gasteiger partial charge in [0.2, 0.25) is 12.2 Å². The molecule has 10 nitrogen and oxygen atoms in total. The number of aliphatic hydroxyl groups is 3. The number of nitro benzene ring substituents is 1.